The molecule has 0 aliphatic heterocycles. The van der Waals surface area contributed by atoms with Gasteiger partial charge in [0.1, 0.15) is 5.75 Å². The second kappa shape index (κ2) is 5.96. The smallest absolute Gasteiger partial charge is 0.170 e. The lowest BCUT2D eigenvalue weighted by molar-refractivity contribution is 0.287. The van der Waals surface area contributed by atoms with E-state index in [0.29, 0.717) is 12.2 Å². The van der Waals surface area contributed by atoms with Crippen molar-refractivity contribution < 1.29 is 9.66 Å². The van der Waals surface area contributed by atoms with Crippen LogP contribution in [0.4, 0.5) is 0 Å². The number of pyridine rings is 1. The zero-order valence-electron chi connectivity index (χ0n) is 7.35. The molecule has 0 aliphatic carbocycles. The van der Waals surface area contributed by atoms with Crippen molar-refractivity contribution in [1.82, 2.24) is 4.98 Å². The quantitative estimate of drug-likeness (QED) is 0.567. The second-order valence-corrected chi connectivity index (χ2v) is 4.24. The molecule has 0 aromatic carbocycles. The van der Waals surface area contributed by atoms with Crippen LogP contribution in [0.2, 0.25) is 0 Å². The maximum Gasteiger partial charge on any atom is 0.170 e. The van der Waals surface area contributed by atoms with Gasteiger partial charge in [0.25, 0.3) is 0 Å². The van der Waals surface area contributed by atoms with E-state index in [2.05, 4.69) is 4.98 Å². The molecule has 3 nitrogen and oxygen atoms in total. The highest BCUT2D eigenvalue weighted by atomic mass is 32.2. The van der Waals surface area contributed by atoms with E-state index < -0.39 is 11.2 Å². The van der Waals surface area contributed by atoms with Crippen LogP contribution >= 0.6 is 0 Å². The Morgan fingerprint density at radius 3 is 2.92 bits per heavy atom. The maximum absolute atomic E-state index is 11.5. The number of rotatable bonds is 5. The van der Waals surface area contributed by atoms with E-state index in [0.717, 1.165) is 11.3 Å². The highest BCUT2D eigenvalue weighted by molar-refractivity contribution is 7.91. The first kappa shape index (κ1) is 10.5. The summed E-state index contributed by atoms with van der Waals surface area (Å²) in [5, 5.41) is 8.54. The third-order valence-corrected chi connectivity index (χ3v) is 3.06. The Bertz CT molecular complexity index is 230. The molecular formula is C9H13NO2S. The highest BCUT2D eigenvalue weighted by Crippen LogP contribution is 2.10. The molecule has 0 radical (unpaired) electrons. The van der Waals surface area contributed by atoms with Gasteiger partial charge in [-0.05, 0) is 36.2 Å². The van der Waals surface area contributed by atoms with Crippen molar-refractivity contribution >= 4 is 11.2 Å². The molecular weight excluding hydrogens is 186 g/mol. The average molecular weight is 199 g/mol. The van der Waals surface area contributed by atoms with Crippen LogP contribution in [0, 0.1) is 0 Å². The summed E-state index contributed by atoms with van der Waals surface area (Å²) in [7, 11) is 0. The predicted molar refractivity (Wildman–Crippen MR) is 51.8 cm³/mol. The summed E-state index contributed by atoms with van der Waals surface area (Å²) >= 11 is -0.959. The number of aliphatic hydroxyl groups is 1. The van der Waals surface area contributed by atoms with E-state index in [1.165, 1.54) is 0 Å². The number of hydrogen-bond acceptors (Lipinski definition) is 3. The van der Waals surface area contributed by atoms with E-state index in [1.54, 1.807) is 18.5 Å². The molecule has 1 unspecified atom stereocenters. The summed E-state index contributed by atoms with van der Waals surface area (Å²) < 4.78 is 11.5. The van der Waals surface area contributed by atoms with E-state index in [-0.39, 0.29) is 6.61 Å². The molecule has 1 rings (SSSR count). The summed E-state index contributed by atoms with van der Waals surface area (Å²) in [4.78, 5) is 4.66. The fourth-order valence-corrected chi connectivity index (χ4v) is 2.06. The molecule has 0 saturated heterocycles. The summed E-state index contributed by atoms with van der Waals surface area (Å²) in [6.07, 6.45) is 4.79. The standard InChI is InChI=1S/C9H13NO2S/c11-6-1-2-7-13(12)9-4-3-5-10-8-9/h3-5,8,11H,1-2,6-7H2. The number of nitrogens with zero attached hydrogens (tertiary/aromatic N) is 1. The molecule has 1 aromatic heterocycles. The van der Waals surface area contributed by atoms with Crippen molar-refractivity contribution in [3.8, 4) is 0 Å². The maximum atomic E-state index is 11.5. The van der Waals surface area contributed by atoms with Crippen LogP contribution < -0.4 is 0 Å². The first-order valence-electron chi connectivity index (χ1n) is 4.24. The third-order valence-electron chi connectivity index (χ3n) is 1.64. The lowest BCUT2D eigenvalue weighted by Gasteiger charge is -2.08. The van der Waals surface area contributed by atoms with Crippen molar-refractivity contribution in [2.45, 2.75) is 17.7 Å². The zero-order valence-corrected chi connectivity index (χ0v) is 8.17. The molecule has 0 fully saturated rings. The van der Waals surface area contributed by atoms with Crippen molar-refractivity contribution in [3.05, 3.63) is 24.5 Å². The van der Waals surface area contributed by atoms with Gasteiger partial charge in [-0.15, -0.1) is 0 Å². The Kier molecular flexibility index (Phi) is 4.82. The Labute approximate surface area is 81.0 Å². The van der Waals surface area contributed by atoms with Crippen molar-refractivity contribution in [2.75, 3.05) is 12.4 Å². The van der Waals surface area contributed by atoms with Crippen LogP contribution in [0.15, 0.2) is 29.4 Å². The number of aliphatic hydroxyl groups excluding tert-OH is 1. The van der Waals surface area contributed by atoms with Crippen molar-refractivity contribution in [2.24, 2.45) is 0 Å². The molecule has 0 spiro atoms. The molecule has 1 heterocycles. The Morgan fingerprint density at radius 1 is 1.46 bits per heavy atom. The van der Waals surface area contributed by atoms with Gasteiger partial charge in [-0.2, -0.15) is 0 Å². The van der Waals surface area contributed by atoms with E-state index in [4.69, 9.17) is 5.11 Å². The van der Waals surface area contributed by atoms with Crippen molar-refractivity contribution in [1.29, 1.82) is 0 Å². The molecule has 0 bridgehead atoms. The fourth-order valence-electron chi connectivity index (χ4n) is 0.945. The number of unbranched alkanes of at least 4 members (excludes halogenated alkanes) is 1. The third kappa shape index (κ3) is 3.76. The first-order valence-corrected chi connectivity index (χ1v) is 5.56. The van der Waals surface area contributed by atoms with Crippen molar-refractivity contribution in [3.63, 3.8) is 0 Å². The van der Waals surface area contributed by atoms with Gasteiger partial charge in [0.05, 0.1) is 6.20 Å². The van der Waals surface area contributed by atoms with Gasteiger partial charge in [0.2, 0.25) is 0 Å². The van der Waals surface area contributed by atoms with Gasteiger partial charge in [-0.3, -0.25) is 4.98 Å². The van der Waals surface area contributed by atoms with Crippen LogP contribution in [-0.4, -0.2) is 27.0 Å². The minimum absolute atomic E-state index is 0.171. The normalized spacial score (nSPS) is 12.8. The van der Waals surface area contributed by atoms with Crippen LogP contribution in [0.25, 0.3) is 0 Å². The molecule has 0 aliphatic rings. The van der Waals surface area contributed by atoms with Crippen LogP contribution in [-0.2, 0) is 11.2 Å². The second-order valence-electron chi connectivity index (χ2n) is 2.67. The molecule has 1 N–H and O–H groups in total. The summed E-state index contributed by atoms with van der Waals surface area (Å²) in [5.74, 6) is 0.603. The van der Waals surface area contributed by atoms with Gasteiger partial charge < -0.3 is 9.66 Å². The molecule has 72 valence electrons. The predicted octanol–water partition coefficient (Wildman–Crippen LogP) is 0.962. The Balaban J connectivity index is 2.35. The van der Waals surface area contributed by atoms with E-state index in [1.807, 2.05) is 6.07 Å². The molecule has 0 saturated carbocycles. The van der Waals surface area contributed by atoms with E-state index in [9.17, 15) is 4.55 Å². The lowest BCUT2D eigenvalue weighted by atomic mass is 10.4. The molecule has 0 amide bonds. The molecule has 1 aromatic rings. The number of hydrogen-bond donors (Lipinski definition) is 1. The Morgan fingerprint density at radius 2 is 2.31 bits per heavy atom. The largest absolute Gasteiger partial charge is 0.611 e. The fraction of sp³-hybridized carbons (Fsp3) is 0.444. The molecule has 4 heteroatoms. The molecule has 13 heavy (non-hydrogen) atoms. The monoisotopic (exact) mass is 199 g/mol. The highest BCUT2D eigenvalue weighted by Gasteiger charge is 2.08. The topological polar surface area (TPSA) is 56.2 Å². The Hall–Kier alpha value is -0.580. The summed E-state index contributed by atoms with van der Waals surface area (Å²) in [6, 6.07) is 3.58. The zero-order chi connectivity index (χ0) is 9.52. The van der Waals surface area contributed by atoms with Gasteiger partial charge in [0.15, 0.2) is 4.90 Å². The average Bonchev–Trinajstić information content (AvgIpc) is 2.19. The molecule has 1 atom stereocenters. The van der Waals surface area contributed by atoms with Crippen LogP contribution in [0.3, 0.4) is 0 Å². The van der Waals surface area contributed by atoms with Gasteiger partial charge in [-0.1, -0.05) is 0 Å². The lowest BCUT2D eigenvalue weighted by Crippen LogP contribution is -2.07. The van der Waals surface area contributed by atoms with Gasteiger partial charge in [0, 0.05) is 12.8 Å². The van der Waals surface area contributed by atoms with Crippen LogP contribution in [0.1, 0.15) is 12.8 Å². The van der Waals surface area contributed by atoms with Gasteiger partial charge >= 0.3 is 0 Å². The minimum Gasteiger partial charge on any atom is -0.611 e. The first-order chi connectivity index (χ1) is 6.34. The minimum atomic E-state index is -0.959. The summed E-state index contributed by atoms with van der Waals surface area (Å²) in [6.45, 7) is 0.171. The number of aromatic nitrogens is 1. The van der Waals surface area contributed by atoms with Gasteiger partial charge in [-0.25, -0.2) is 0 Å². The van der Waals surface area contributed by atoms with E-state index >= 15 is 0 Å². The SMILES string of the molecule is [O-][S+](CCCCO)c1cccnc1. The summed E-state index contributed by atoms with van der Waals surface area (Å²) in [5.41, 5.74) is 0. The van der Waals surface area contributed by atoms with Crippen LogP contribution in [0.5, 0.6) is 0 Å².